The molecule has 0 fully saturated rings. The molecule has 1 aromatic carbocycles. The van der Waals surface area contributed by atoms with E-state index in [4.69, 9.17) is 4.74 Å². The quantitative estimate of drug-likeness (QED) is 0.261. The second-order valence-corrected chi connectivity index (χ2v) is 6.12. The lowest BCUT2D eigenvalue weighted by Crippen LogP contribution is -2.41. The number of nitro groups is 1. The van der Waals surface area contributed by atoms with Crippen molar-refractivity contribution in [2.45, 2.75) is 32.7 Å². The van der Waals surface area contributed by atoms with E-state index in [-0.39, 0.29) is 23.5 Å². The first-order valence-electron chi connectivity index (χ1n) is 9.13. The number of non-ortho nitro benzene ring substituents is 1. The Morgan fingerprint density at radius 3 is 2.54 bits per heavy atom. The molecule has 0 saturated carbocycles. The fourth-order valence-electron chi connectivity index (χ4n) is 2.65. The molecule has 28 heavy (non-hydrogen) atoms. The molecule has 0 heterocycles. The molecule has 156 valence electrons. The van der Waals surface area contributed by atoms with Crippen LogP contribution in [0.3, 0.4) is 0 Å². The fraction of sp³-hybridized carbons (Fsp3) is 0.556. The van der Waals surface area contributed by atoms with Crippen molar-refractivity contribution in [3.8, 4) is 5.75 Å². The van der Waals surface area contributed by atoms with Gasteiger partial charge in [0.1, 0.15) is 11.8 Å². The smallest absolute Gasteiger partial charge is 0.321 e. The van der Waals surface area contributed by atoms with Crippen LogP contribution >= 0.6 is 0 Å². The topological polar surface area (TPSA) is 134 Å². The second kappa shape index (κ2) is 11.9. The number of rotatable bonds is 13. The Hall–Kier alpha value is -2.72. The van der Waals surface area contributed by atoms with Crippen molar-refractivity contribution in [3.05, 3.63) is 28.3 Å². The first kappa shape index (κ1) is 23.3. The molecule has 1 rings (SSSR count). The SMILES string of the molecule is CCN(CC)CCCNC(CC(=O)Nc1ccc([N+](=O)[O-])cc1OC)C(=O)O. The molecule has 0 saturated heterocycles. The van der Waals surface area contributed by atoms with Crippen LogP contribution < -0.4 is 15.4 Å². The van der Waals surface area contributed by atoms with Crippen LogP contribution in [0, 0.1) is 10.1 Å². The molecule has 10 nitrogen and oxygen atoms in total. The average molecular weight is 396 g/mol. The zero-order valence-electron chi connectivity index (χ0n) is 16.4. The van der Waals surface area contributed by atoms with Crippen LogP contribution in [0.25, 0.3) is 0 Å². The van der Waals surface area contributed by atoms with Gasteiger partial charge in [0.05, 0.1) is 30.2 Å². The molecule has 1 aromatic rings. The van der Waals surface area contributed by atoms with Gasteiger partial charge in [-0.05, 0) is 38.7 Å². The maximum atomic E-state index is 12.2. The molecule has 1 unspecified atom stereocenters. The zero-order chi connectivity index (χ0) is 21.1. The molecule has 1 atom stereocenters. The normalized spacial score (nSPS) is 11.9. The Labute approximate surface area is 164 Å². The van der Waals surface area contributed by atoms with Crippen LogP contribution in [0.5, 0.6) is 5.75 Å². The minimum absolute atomic E-state index is 0.126. The standard InChI is InChI=1S/C18H28N4O6/c1-4-21(5-2)10-6-9-19-15(18(24)25)12-17(23)20-14-8-7-13(22(26)27)11-16(14)28-3/h7-8,11,15,19H,4-6,9-10,12H2,1-3H3,(H,20,23)(H,24,25). The summed E-state index contributed by atoms with van der Waals surface area (Å²) in [6, 6.07) is 2.75. The van der Waals surface area contributed by atoms with Gasteiger partial charge in [-0.15, -0.1) is 0 Å². The summed E-state index contributed by atoms with van der Waals surface area (Å²) in [5.74, 6) is -1.52. The first-order valence-corrected chi connectivity index (χ1v) is 9.13. The Kier molecular flexibility index (Phi) is 9.89. The van der Waals surface area contributed by atoms with E-state index in [0.717, 1.165) is 26.1 Å². The molecule has 1 amide bonds. The van der Waals surface area contributed by atoms with Gasteiger partial charge in [-0.25, -0.2) is 0 Å². The first-order chi connectivity index (χ1) is 13.3. The summed E-state index contributed by atoms with van der Waals surface area (Å²) in [5, 5.41) is 25.6. The Morgan fingerprint density at radius 2 is 2.00 bits per heavy atom. The van der Waals surface area contributed by atoms with E-state index < -0.39 is 22.8 Å². The number of nitrogens with one attached hydrogen (secondary N) is 2. The van der Waals surface area contributed by atoms with Crippen molar-refractivity contribution in [3.63, 3.8) is 0 Å². The van der Waals surface area contributed by atoms with Gasteiger partial charge in [-0.1, -0.05) is 13.8 Å². The third kappa shape index (κ3) is 7.49. The minimum Gasteiger partial charge on any atom is -0.494 e. The van der Waals surface area contributed by atoms with Gasteiger partial charge in [0.15, 0.2) is 0 Å². The van der Waals surface area contributed by atoms with Crippen LogP contribution in [-0.4, -0.2) is 66.1 Å². The molecule has 0 bridgehead atoms. The summed E-state index contributed by atoms with van der Waals surface area (Å²) in [4.78, 5) is 36.1. The highest BCUT2D eigenvalue weighted by Crippen LogP contribution is 2.29. The maximum absolute atomic E-state index is 12.2. The number of nitro benzene ring substituents is 1. The van der Waals surface area contributed by atoms with Gasteiger partial charge >= 0.3 is 5.97 Å². The summed E-state index contributed by atoms with van der Waals surface area (Å²) in [7, 11) is 1.33. The molecular weight excluding hydrogens is 368 g/mol. The number of carboxylic acids is 1. The molecular formula is C18H28N4O6. The molecule has 10 heteroatoms. The lowest BCUT2D eigenvalue weighted by atomic mass is 10.1. The van der Waals surface area contributed by atoms with E-state index in [1.807, 2.05) is 0 Å². The van der Waals surface area contributed by atoms with Gasteiger partial charge in [0.2, 0.25) is 5.91 Å². The van der Waals surface area contributed by atoms with Crippen molar-refractivity contribution in [2.24, 2.45) is 0 Å². The number of carbonyl (C=O) groups is 2. The number of nitrogens with zero attached hydrogens (tertiary/aromatic N) is 2. The predicted molar refractivity (Wildman–Crippen MR) is 105 cm³/mol. The lowest BCUT2D eigenvalue weighted by Gasteiger charge is -2.19. The van der Waals surface area contributed by atoms with Crippen LogP contribution in [-0.2, 0) is 9.59 Å². The minimum atomic E-state index is -1.12. The second-order valence-electron chi connectivity index (χ2n) is 6.12. The molecule has 0 aromatic heterocycles. The summed E-state index contributed by atoms with van der Waals surface area (Å²) in [6.45, 7) is 7.30. The number of hydrogen-bond donors (Lipinski definition) is 3. The number of methoxy groups -OCH3 is 1. The Balaban J connectivity index is 2.62. The lowest BCUT2D eigenvalue weighted by molar-refractivity contribution is -0.384. The molecule has 0 aliphatic heterocycles. The molecule has 0 radical (unpaired) electrons. The number of amides is 1. The van der Waals surface area contributed by atoms with E-state index in [2.05, 4.69) is 29.4 Å². The fourth-order valence-corrected chi connectivity index (χ4v) is 2.65. The van der Waals surface area contributed by atoms with Gasteiger partial charge in [-0.3, -0.25) is 19.7 Å². The average Bonchev–Trinajstić information content (AvgIpc) is 2.67. The number of anilines is 1. The van der Waals surface area contributed by atoms with Crippen LogP contribution in [0.4, 0.5) is 11.4 Å². The summed E-state index contributed by atoms with van der Waals surface area (Å²) >= 11 is 0. The summed E-state index contributed by atoms with van der Waals surface area (Å²) < 4.78 is 5.06. The largest absolute Gasteiger partial charge is 0.494 e. The van der Waals surface area contributed by atoms with Gasteiger partial charge in [0, 0.05) is 6.07 Å². The third-order valence-electron chi connectivity index (χ3n) is 4.29. The van der Waals surface area contributed by atoms with E-state index in [0.29, 0.717) is 6.54 Å². The summed E-state index contributed by atoms with van der Waals surface area (Å²) in [5.41, 5.74) is 0.0666. The molecule has 0 aliphatic carbocycles. The van der Waals surface area contributed by atoms with E-state index in [1.54, 1.807) is 0 Å². The van der Waals surface area contributed by atoms with Crippen molar-refractivity contribution in [1.82, 2.24) is 10.2 Å². The monoisotopic (exact) mass is 396 g/mol. The van der Waals surface area contributed by atoms with Crippen LogP contribution in [0.2, 0.25) is 0 Å². The number of hydrogen-bond acceptors (Lipinski definition) is 7. The molecule has 3 N–H and O–H groups in total. The van der Waals surface area contributed by atoms with Crippen LogP contribution in [0.1, 0.15) is 26.7 Å². The number of aliphatic carboxylic acids is 1. The van der Waals surface area contributed by atoms with E-state index in [9.17, 15) is 24.8 Å². The van der Waals surface area contributed by atoms with E-state index in [1.165, 1.54) is 25.3 Å². The Morgan fingerprint density at radius 1 is 1.32 bits per heavy atom. The van der Waals surface area contributed by atoms with Crippen molar-refractivity contribution in [1.29, 1.82) is 0 Å². The number of ether oxygens (including phenoxy) is 1. The third-order valence-corrected chi connectivity index (χ3v) is 4.29. The highest BCUT2D eigenvalue weighted by atomic mass is 16.6. The maximum Gasteiger partial charge on any atom is 0.321 e. The van der Waals surface area contributed by atoms with Gasteiger partial charge < -0.3 is 25.4 Å². The van der Waals surface area contributed by atoms with Gasteiger partial charge in [0.25, 0.3) is 5.69 Å². The molecule has 0 spiro atoms. The molecule has 0 aliphatic rings. The van der Waals surface area contributed by atoms with Crippen molar-refractivity contribution < 1.29 is 24.4 Å². The van der Waals surface area contributed by atoms with Crippen molar-refractivity contribution in [2.75, 3.05) is 38.6 Å². The Bertz CT molecular complexity index is 678. The number of carboxylic acid groups (broad SMARTS) is 1. The predicted octanol–water partition coefficient (Wildman–Crippen LogP) is 1.71. The van der Waals surface area contributed by atoms with E-state index >= 15 is 0 Å². The van der Waals surface area contributed by atoms with Crippen LogP contribution in [0.15, 0.2) is 18.2 Å². The number of carbonyl (C=O) groups excluding carboxylic acids is 1. The van der Waals surface area contributed by atoms with Gasteiger partial charge in [-0.2, -0.15) is 0 Å². The highest BCUT2D eigenvalue weighted by molar-refractivity contribution is 5.95. The highest BCUT2D eigenvalue weighted by Gasteiger charge is 2.22. The summed E-state index contributed by atoms with van der Waals surface area (Å²) in [6.07, 6.45) is 0.490. The zero-order valence-corrected chi connectivity index (χ0v) is 16.4. The van der Waals surface area contributed by atoms with Crippen molar-refractivity contribution >= 4 is 23.3 Å². The number of benzene rings is 1.